The lowest BCUT2D eigenvalue weighted by atomic mass is 9.87. The highest BCUT2D eigenvalue weighted by molar-refractivity contribution is 5.92. The summed E-state index contributed by atoms with van der Waals surface area (Å²) in [6.45, 7) is 9.33. The molecular weight excluding hydrogens is 476 g/mol. The summed E-state index contributed by atoms with van der Waals surface area (Å²) in [5.41, 5.74) is 8.10. The zero-order valence-corrected chi connectivity index (χ0v) is 22.7. The van der Waals surface area contributed by atoms with E-state index in [-0.39, 0.29) is 12.5 Å². The van der Waals surface area contributed by atoms with Gasteiger partial charge in [0.1, 0.15) is 6.33 Å². The van der Waals surface area contributed by atoms with Crippen molar-refractivity contribution in [3.05, 3.63) is 53.5 Å². The molecular formula is C30H38N6O2. The summed E-state index contributed by atoms with van der Waals surface area (Å²) in [6, 6.07) is 9.54. The van der Waals surface area contributed by atoms with Gasteiger partial charge in [-0.25, -0.2) is 9.50 Å². The molecule has 0 spiro atoms. The van der Waals surface area contributed by atoms with E-state index in [9.17, 15) is 9.90 Å². The van der Waals surface area contributed by atoms with Crippen LogP contribution in [-0.2, 0) is 4.79 Å². The Labute approximate surface area is 223 Å². The number of aliphatic hydroxyl groups excluding tert-OH is 1. The van der Waals surface area contributed by atoms with E-state index in [0.29, 0.717) is 31.0 Å². The van der Waals surface area contributed by atoms with Crippen LogP contribution in [0.2, 0.25) is 0 Å². The van der Waals surface area contributed by atoms with Gasteiger partial charge in [-0.2, -0.15) is 5.10 Å². The lowest BCUT2D eigenvalue weighted by Crippen LogP contribution is -2.45. The Hall–Kier alpha value is -3.23. The number of likely N-dealkylation sites (tertiary alicyclic amines) is 1. The van der Waals surface area contributed by atoms with Crippen LogP contribution < -0.4 is 0 Å². The predicted octanol–water partition coefficient (Wildman–Crippen LogP) is 4.47. The van der Waals surface area contributed by atoms with E-state index in [4.69, 9.17) is 0 Å². The number of carbonyl (C=O) groups is 1. The number of aliphatic hydroxyl groups is 1. The number of aromatic nitrogens is 4. The molecule has 3 aromatic heterocycles. The van der Waals surface area contributed by atoms with Crippen molar-refractivity contribution in [1.82, 2.24) is 29.4 Å². The molecule has 1 aliphatic carbocycles. The second-order valence-corrected chi connectivity index (χ2v) is 11.4. The number of aryl methyl sites for hydroxylation is 1. The molecule has 8 heteroatoms. The van der Waals surface area contributed by atoms with E-state index in [1.807, 2.05) is 9.42 Å². The summed E-state index contributed by atoms with van der Waals surface area (Å²) >= 11 is 0. The number of fused-ring (bicyclic) bond motifs is 2. The first-order valence-electron chi connectivity index (χ1n) is 14.0. The van der Waals surface area contributed by atoms with E-state index in [1.54, 1.807) is 6.33 Å². The van der Waals surface area contributed by atoms with E-state index in [0.717, 1.165) is 66.8 Å². The minimum absolute atomic E-state index is 0.113. The lowest BCUT2D eigenvalue weighted by Gasteiger charge is -2.34. The number of piperidine rings is 1. The summed E-state index contributed by atoms with van der Waals surface area (Å²) in [5, 5.41) is 15.0. The fourth-order valence-electron chi connectivity index (χ4n) is 6.24. The number of hydrogen-bond acceptors (Lipinski definition) is 5. The molecule has 0 unspecified atom stereocenters. The number of rotatable bonds is 8. The largest absolute Gasteiger partial charge is 0.395 e. The summed E-state index contributed by atoms with van der Waals surface area (Å²) in [7, 11) is 0. The lowest BCUT2D eigenvalue weighted by molar-refractivity contribution is -0.133. The zero-order valence-electron chi connectivity index (χ0n) is 22.7. The SMILES string of the molecule is Cc1cc(-c2[nH]c3ccc(C4CCN(C(=O)CN(CCO)C5CC5)CC4)cc3c2C(C)C)cn2ncnc12. The van der Waals surface area contributed by atoms with Crippen LogP contribution in [-0.4, -0.2) is 79.2 Å². The van der Waals surface area contributed by atoms with Gasteiger partial charge in [-0.15, -0.1) is 0 Å². The quantitative estimate of drug-likeness (QED) is 0.362. The summed E-state index contributed by atoms with van der Waals surface area (Å²) in [5.74, 6) is 1.01. The van der Waals surface area contributed by atoms with Crippen molar-refractivity contribution in [2.24, 2.45) is 0 Å². The minimum Gasteiger partial charge on any atom is -0.395 e. The Morgan fingerprint density at radius 2 is 1.97 bits per heavy atom. The van der Waals surface area contributed by atoms with Gasteiger partial charge in [-0.3, -0.25) is 9.69 Å². The van der Waals surface area contributed by atoms with Gasteiger partial charge in [0.15, 0.2) is 5.65 Å². The molecule has 1 saturated carbocycles. The maximum atomic E-state index is 13.0. The molecule has 1 aliphatic heterocycles. The second-order valence-electron chi connectivity index (χ2n) is 11.4. The molecule has 4 heterocycles. The van der Waals surface area contributed by atoms with Crippen molar-refractivity contribution in [2.45, 2.75) is 64.3 Å². The molecule has 1 saturated heterocycles. The van der Waals surface area contributed by atoms with Gasteiger partial charge in [-0.1, -0.05) is 19.9 Å². The van der Waals surface area contributed by atoms with Crippen molar-refractivity contribution in [3.8, 4) is 11.3 Å². The molecule has 2 aliphatic rings. The molecule has 0 atom stereocenters. The van der Waals surface area contributed by atoms with Crippen LogP contribution >= 0.6 is 0 Å². The number of amides is 1. The third-order valence-electron chi connectivity index (χ3n) is 8.40. The van der Waals surface area contributed by atoms with Gasteiger partial charge in [-0.05, 0) is 79.3 Å². The fourth-order valence-corrected chi connectivity index (χ4v) is 6.24. The van der Waals surface area contributed by atoms with Gasteiger partial charge >= 0.3 is 0 Å². The molecule has 0 bridgehead atoms. The van der Waals surface area contributed by atoms with Gasteiger partial charge in [0.25, 0.3) is 0 Å². The van der Waals surface area contributed by atoms with E-state index in [2.05, 4.69) is 71.2 Å². The van der Waals surface area contributed by atoms with Gasteiger partial charge < -0.3 is 15.0 Å². The third kappa shape index (κ3) is 4.71. The number of nitrogens with zero attached hydrogens (tertiary/aromatic N) is 5. The Balaban J connectivity index is 1.22. The summed E-state index contributed by atoms with van der Waals surface area (Å²) in [6.07, 6.45) is 7.92. The number of carbonyl (C=O) groups excluding carboxylic acids is 1. The van der Waals surface area contributed by atoms with E-state index in [1.165, 1.54) is 16.5 Å². The third-order valence-corrected chi connectivity index (χ3v) is 8.40. The Morgan fingerprint density at radius 3 is 2.68 bits per heavy atom. The molecule has 0 radical (unpaired) electrons. The summed E-state index contributed by atoms with van der Waals surface area (Å²) < 4.78 is 1.86. The molecule has 2 N–H and O–H groups in total. The topological polar surface area (TPSA) is 89.8 Å². The van der Waals surface area contributed by atoms with Gasteiger partial charge in [0.05, 0.1) is 18.8 Å². The first-order valence-corrected chi connectivity index (χ1v) is 14.0. The number of nitrogens with one attached hydrogen (secondary N) is 1. The molecule has 4 aromatic rings. The highest BCUT2D eigenvalue weighted by Crippen LogP contribution is 2.38. The van der Waals surface area contributed by atoms with Gasteiger partial charge in [0, 0.05) is 48.3 Å². The molecule has 38 heavy (non-hydrogen) atoms. The van der Waals surface area contributed by atoms with E-state index >= 15 is 0 Å². The van der Waals surface area contributed by atoms with Crippen LogP contribution in [0.5, 0.6) is 0 Å². The monoisotopic (exact) mass is 514 g/mol. The Morgan fingerprint density at radius 1 is 1.18 bits per heavy atom. The number of pyridine rings is 1. The van der Waals surface area contributed by atoms with Crippen LogP contribution in [0.3, 0.4) is 0 Å². The average Bonchev–Trinajstić information content (AvgIpc) is 3.51. The molecule has 200 valence electrons. The number of benzene rings is 1. The summed E-state index contributed by atoms with van der Waals surface area (Å²) in [4.78, 5) is 25.2. The zero-order chi connectivity index (χ0) is 26.4. The van der Waals surface area contributed by atoms with E-state index < -0.39 is 0 Å². The minimum atomic E-state index is 0.113. The highest BCUT2D eigenvalue weighted by atomic mass is 16.3. The van der Waals surface area contributed by atoms with Crippen molar-refractivity contribution >= 4 is 22.5 Å². The predicted molar refractivity (Wildman–Crippen MR) is 149 cm³/mol. The fraction of sp³-hybridized carbons (Fsp3) is 0.500. The van der Waals surface area contributed by atoms with Crippen LogP contribution in [0.1, 0.15) is 68.1 Å². The molecule has 1 amide bonds. The molecule has 1 aromatic carbocycles. The standard InChI is InChI=1S/C30H38N6O2/c1-19(2)28-25-15-22(21-8-10-34(11-9-21)27(38)17-35(12-13-37)24-5-6-24)4-7-26(25)33-29(28)23-14-20(3)30-31-18-32-36(30)16-23/h4,7,14-16,18-19,21,24,33,37H,5-6,8-13,17H2,1-3H3. The molecule has 8 nitrogen and oxygen atoms in total. The van der Waals surface area contributed by atoms with Crippen LogP contribution in [0.15, 0.2) is 36.8 Å². The number of aromatic amines is 1. The Bertz CT molecular complexity index is 1460. The van der Waals surface area contributed by atoms with Crippen molar-refractivity contribution in [3.63, 3.8) is 0 Å². The normalized spacial score (nSPS) is 16.9. The smallest absolute Gasteiger partial charge is 0.236 e. The number of H-pyrrole nitrogens is 1. The maximum absolute atomic E-state index is 13.0. The van der Waals surface area contributed by atoms with Crippen LogP contribution in [0.25, 0.3) is 27.8 Å². The maximum Gasteiger partial charge on any atom is 0.236 e. The number of hydrogen-bond donors (Lipinski definition) is 2. The van der Waals surface area contributed by atoms with Crippen LogP contribution in [0, 0.1) is 6.92 Å². The first-order chi connectivity index (χ1) is 18.4. The average molecular weight is 515 g/mol. The Kier molecular flexibility index (Phi) is 6.70. The van der Waals surface area contributed by atoms with Crippen molar-refractivity contribution in [2.75, 3.05) is 32.8 Å². The highest BCUT2D eigenvalue weighted by Gasteiger charge is 2.32. The van der Waals surface area contributed by atoms with Gasteiger partial charge in [0.2, 0.25) is 5.91 Å². The first kappa shape index (κ1) is 25.1. The molecule has 6 rings (SSSR count). The van der Waals surface area contributed by atoms with Crippen LogP contribution in [0.4, 0.5) is 0 Å². The second kappa shape index (κ2) is 10.2. The van der Waals surface area contributed by atoms with Crippen molar-refractivity contribution in [1.29, 1.82) is 0 Å². The van der Waals surface area contributed by atoms with Crippen molar-refractivity contribution < 1.29 is 9.90 Å². The molecule has 2 fully saturated rings.